The molecule has 0 saturated heterocycles. The Balaban J connectivity index is 3.31. The van der Waals surface area contributed by atoms with Gasteiger partial charge in [-0.05, 0) is 25.8 Å². The Hall–Kier alpha value is -0.120. The summed E-state index contributed by atoms with van der Waals surface area (Å²) in [7, 11) is 0. The fraction of sp³-hybridized carbons (Fsp3) is 1.00. The molecule has 0 heterocycles. The molecular formula is C9H21NO2. The van der Waals surface area contributed by atoms with Crippen LogP contribution in [0.15, 0.2) is 0 Å². The fourth-order valence-corrected chi connectivity index (χ4v) is 1.13. The zero-order valence-corrected chi connectivity index (χ0v) is 8.08. The van der Waals surface area contributed by atoms with Crippen molar-refractivity contribution in [3.8, 4) is 0 Å². The predicted octanol–water partition coefficient (Wildman–Crippen LogP) is 0.365. The second kappa shape index (κ2) is 7.53. The zero-order valence-electron chi connectivity index (χ0n) is 8.08. The molecule has 0 spiro atoms. The van der Waals surface area contributed by atoms with E-state index in [-0.39, 0.29) is 12.7 Å². The molecule has 0 aromatic carbocycles. The highest BCUT2D eigenvalue weighted by atomic mass is 16.3. The molecule has 0 aromatic heterocycles. The molecule has 0 radical (unpaired) electrons. The second-order valence-electron chi connectivity index (χ2n) is 3.29. The summed E-state index contributed by atoms with van der Waals surface area (Å²) >= 11 is 0. The number of hydrogen-bond donors (Lipinski definition) is 3. The first-order valence-corrected chi connectivity index (χ1v) is 4.70. The summed E-state index contributed by atoms with van der Waals surface area (Å²) in [4.78, 5) is 0. The van der Waals surface area contributed by atoms with Crippen LogP contribution in [0.3, 0.4) is 0 Å². The van der Waals surface area contributed by atoms with Gasteiger partial charge in [-0.3, -0.25) is 0 Å². The van der Waals surface area contributed by atoms with Gasteiger partial charge >= 0.3 is 0 Å². The van der Waals surface area contributed by atoms with Gasteiger partial charge in [0.15, 0.2) is 0 Å². The van der Waals surface area contributed by atoms with E-state index in [4.69, 9.17) is 10.2 Å². The molecule has 3 N–H and O–H groups in total. The molecule has 2 unspecified atom stereocenters. The quantitative estimate of drug-likeness (QED) is 0.524. The molecule has 3 nitrogen and oxygen atoms in total. The molecule has 3 heteroatoms. The van der Waals surface area contributed by atoms with Crippen LogP contribution in [0.25, 0.3) is 0 Å². The van der Waals surface area contributed by atoms with E-state index in [1.165, 1.54) is 0 Å². The average Bonchev–Trinajstić information content (AvgIpc) is 2.02. The first-order chi connectivity index (χ1) is 5.70. The van der Waals surface area contributed by atoms with Crippen LogP contribution in [-0.2, 0) is 0 Å². The Morgan fingerprint density at radius 1 is 1.33 bits per heavy atom. The normalized spacial score (nSPS) is 16.0. The van der Waals surface area contributed by atoms with Crippen LogP contribution in [-0.4, -0.2) is 36.0 Å². The highest BCUT2D eigenvalue weighted by Crippen LogP contribution is 2.05. The van der Waals surface area contributed by atoms with Gasteiger partial charge in [0.1, 0.15) is 0 Å². The molecule has 0 amide bonds. The molecule has 0 aromatic rings. The Bertz CT molecular complexity index is 96.5. The van der Waals surface area contributed by atoms with Gasteiger partial charge < -0.3 is 15.5 Å². The van der Waals surface area contributed by atoms with Crippen LogP contribution in [0, 0.1) is 5.92 Å². The van der Waals surface area contributed by atoms with Gasteiger partial charge in [-0.25, -0.2) is 0 Å². The summed E-state index contributed by atoms with van der Waals surface area (Å²) in [6, 6.07) is 0. The summed E-state index contributed by atoms with van der Waals surface area (Å²) in [6.07, 6.45) is 1.65. The van der Waals surface area contributed by atoms with Gasteiger partial charge in [0, 0.05) is 13.2 Å². The van der Waals surface area contributed by atoms with Gasteiger partial charge in [-0.15, -0.1) is 0 Å². The van der Waals surface area contributed by atoms with Crippen molar-refractivity contribution < 1.29 is 10.2 Å². The van der Waals surface area contributed by atoms with Crippen LogP contribution >= 0.6 is 0 Å². The van der Waals surface area contributed by atoms with E-state index in [0.717, 1.165) is 19.4 Å². The van der Waals surface area contributed by atoms with Crippen molar-refractivity contribution in [3.63, 3.8) is 0 Å². The third-order valence-electron chi connectivity index (χ3n) is 1.99. The lowest BCUT2D eigenvalue weighted by atomic mass is 10.0. The molecule has 0 rings (SSSR count). The highest BCUT2D eigenvalue weighted by Gasteiger charge is 2.04. The minimum absolute atomic E-state index is 0.259. The molecule has 0 aliphatic carbocycles. The van der Waals surface area contributed by atoms with Crippen LogP contribution in [0.1, 0.15) is 26.7 Å². The van der Waals surface area contributed by atoms with Gasteiger partial charge in [0.2, 0.25) is 0 Å². The molecular weight excluding hydrogens is 154 g/mol. The summed E-state index contributed by atoms with van der Waals surface area (Å²) in [5, 5.41) is 20.8. The number of aliphatic hydroxyl groups is 2. The first kappa shape index (κ1) is 11.9. The molecule has 0 fully saturated rings. The largest absolute Gasteiger partial charge is 0.396 e. The van der Waals surface area contributed by atoms with Crippen LogP contribution < -0.4 is 5.32 Å². The lowest BCUT2D eigenvalue weighted by Gasteiger charge is -2.14. The lowest BCUT2D eigenvalue weighted by Crippen LogP contribution is -2.29. The number of nitrogens with one attached hydrogen (secondary N) is 1. The van der Waals surface area contributed by atoms with Crippen LogP contribution in [0.4, 0.5) is 0 Å². The van der Waals surface area contributed by atoms with E-state index in [9.17, 15) is 0 Å². The van der Waals surface area contributed by atoms with Crippen molar-refractivity contribution in [2.24, 2.45) is 5.92 Å². The molecule has 0 aliphatic heterocycles. The van der Waals surface area contributed by atoms with Crippen molar-refractivity contribution >= 4 is 0 Å². The Kier molecular flexibility index (Phi) is 7.45. The highest BCUT2D eigenvalue weighted by molar-refractivity contribution is 4.61. The van der Waals surface area contributed by atoms with Crippen molar-refractivity contribution in [3.05, 3.63) is 0 Å². The van der Waals surface area contributed by atoms with Crippen molar-refractivity contribution in [1.82, 2.24) is 5.32 Å². The Morgan fingerprint density at radius 2 is 2.00 bits per heavy atom. The van der Waals surface area contributed by atoms with E-state index in [1.54, 1.807) is 6.92 Å². The van der Waals surface area contributed by atoms with E-state index >= 15 is 0 Å². The third kappa shape index (κ3) is 6.58. The number of hydrogen-bond acceptors (Lipinski definition) is 3. The number of aliphatic hydroxyl groups excluding tert-OH is 2. The van der Waals surface area contributed by atoms with E-state index in [0.29, 0.717) is 12.5 Å². The van der Waals surface area contributed by atoms with Crippen molar-refractivity contribution in [1.29, 1.82) is 0 Å². The average molecular weight is 175 g/mol. The van der Waals surface area contributed by atoms with Gasteiger partial charge in [0.05, 0.1) is 6.10 Å². The third-order valence-corrected chi connectivity index (χ3v) is 1.99. The minimum atomic E-state index is -0.281. The molecule has 0 aliphatic rings. The zero-order chi connectivity index (χ0) is 9.40. The molecule has 74 valence electrons. The monoisotopic (exact) mass is 175 g/mol. The van der Waals surface area contributed by atoms with E-state index in [1.807, 2.05) is 0 Å². The second-order valence-corrected chi connectivity index (χ2v) is 3.29. The Morgan fingerprint density at radius 3 is 2.42 bits per heavy atom. The number of rotatable bonds is 7. The first-order valence-electron chi connectivity index (χ1n) is 4.70. The fourth-order valence-electron chi connectivity index (χ4n) is 1.13. The molecule has 12 heavy (non-hydrogen) atoms. The minimum Gasteiger partial charge on any atom is -0.396 e. The molecule has 2 atom stereocenters. The van der Waals surface area contributed by atoms with Gasteiger partial charge in [-0.1, -0.05) is 13.3 Å². The standard InChI is InChI=1S/C9H21NO2/c1-3-9(4-5-11)7-10-6-8(2)12/h8-12H,3-7H2,1-2H3. The van der Waals surface area contributed by atoms with Crippen LogP contribution in [0.5, 0.6) is 0 Å². The summed E-state index contributed by atoms with van der Waals surface area (Å²) in [6.45, 7) is 5.67. The van der Waals surface area contributed by atoms with Crippen LogP contribution in [0.2, 0.25) is 0 Å². The summed E-state index contributed by atoms with van der Waals surface area (Å²) in [5.41, 5.74) is 0. The van der Waals surface area contributed by atoms with Crippen molar-refractivity contribution in [2.75, 3.05) is 19.7 Å². The maximum atomic E-state index is 8.96. The summed E-state index contributed by atoms with van der Waals surface area (Å²) < 4.78 is 0. The predicted molar refractivity (Wildman–Crippen MR) is 50.0 cm³/mol. The van der Waals surface area contributed by atoms with E-state index in [2.05, 4.69) is 12.2 Å². The lowest BCUT2D eigenvalue weighted by molar-refractivity contribution is 0.186. The maximum absolute atomic E-state index is 8.96. The SMILES string of the molecule is CCC(CCO)CNCC(C)O. The summed E-state index contributed by atoms with van der Waals surface area (Å²) in [5.74, 6) is 0.536. The molecule has 0 bridgehead atoms. The Labute approximate surface area is 74.8 Å². The smallest absolute Gasteiger partial charge is 0.0636 e. The van der Waals surface area contributed by atoms with Crippen molar-refractivity contribution in [2.45, 2.75) is 32.8 Å². The molecule has 0 saturated carbocycles. The topological polar surface area (TPSA) is 52.5 Å². The maximum Gasteiger partial charge on any atom is 0.0636 e. The van der Waals surface area contributed by atoms with Gasteiger partial charge in [-0.2, -0.15) is 0 Å². The van der Waals surface area contributed by atoms with Gasteiger partial charge in [0.25, 0.3) is 0 Å². The van der Waals surface area contributed by atoms with E-state index < -0.39 is 0 Å².